The Bertz CT molecular complexity index is 564. The monoisotopic (exact) mass is 242 g/mol. The number of halogens is 1. The molecule has 2 heteroatoms. The second kappa shape index (κ2) is 5.43. The molecule has 0 radical (unpaired) electrons. The number of rotatable bonds is 1. The van der Waals surface area contributed by atoms with E-state index in [1.54, 1.807) is 13.2 Å². The zero-order valence-electron chi connectivity index (χ0n) is 9.41. The van der Waals surface area contributed by atoms with Crippen molar-refractivity contribution in [2.24, 2.45) is 0 Å². The van der Waals surface area contributed by atoms with Crippen LogP contribution in [0.15, 0.2) is 48.5 Å². The highest BCUT2D eigenvalue weighted by atomic mass is 35.5. The number of hydrogen-bond acceptors (Lipinski definition) is 1. The molecule has 17 heavy (non-hydrogen) atoms. The molecule has 0 saturated carbocycles. The number of methoxy groups -OCH3 is 1. The maximum Gasteiger partial charge on any atom is 0.120 e. The van der Waals surface area contributed by atoms with E-state index in [9.17, 15) is 0 Å². The van der Waals surface area contributed by atoms with Crippen molar-refractivity contribution < 1.29 is 4.74 Å². The Morgan fingerprint density at radius 2 is 1.76 bits per heavy atom. The summed E-state index contributed by atoms with van der Waals surface area (Å²) in [7, 11) is 1.61. The first-order valence-electron chi connectivity index (χ1n) is 5.20. The van der Waals surface area contributed by atoms with E-state index in [0.717, 1.165) is 16.9 Å². The van der Waals surface area contributed by atoms with Gasteiger partial charge in [0.2, 0.25) is 0 Å². The maximum atomic E-state index is 6.09. The fraction of sp³-hybridized carbons (Fsp3) is 0.0667. The highest BCUT2D eigenvalue weighted by molar-refractivity contribution is 6.31. The lowest BCUT2D eigenvalue weighted by Gasteiger charge is -2.00. The molecule has 0 unspecified atom stereocenters. The van der Waals surface area contributed by atoms with Gasteiger partial charge < -0.3 is 4.74 Å². The van der Waals surface area contributed by atoms with Crippen molar-refractivity contribution in [1.82, 2.24) is 0 Å². The minimum absolute atomic E-state index is 0.604. The summed E-state index contributed by atoms with van der Waals surface area (Å²) >= 11 is 6.09. The first-order valence-corrected chi connectivity index (χ1v) is 5.58. The molecule has 0 aromatic heterocycles. The van der Waals surface area contributed by atoms with Crippen LogP contribution in [0, 0.1) is 11.8 Å². The van der Waals surface area contributed by atoms with Crippen molar-refractivity contribution >= 4 is 11.6 Å². The Kier molecular flexibility index (Phi) is 3.69. The van der Waals surface area contributed by atoms with Crippen LogP contribution in [-0.2, 0) is 0 Å². The fourth-order valence-electron chi connectivity index (χ4n) is 1.39. The van der Waals surface area contributed by atoms with Gasteiger partial charge in [-0.25, -0.2) is 0 Å². The minimum atomic E-state index is 0.604. The molecular weight excluding hydrogens is 232 g/mol. The largest absolute Gasteiger partial charge is 0.497 e. The van der Waals surface area contributed by atoms with Crippen LogP contribution in [0.2, 0.25) is 5.02 Å². The fourth-order valence-corrected chi connectivity index (χ4v) is 1.60. The van der Waals surface area contributed by atoms with E-state index >= 15 is 0 Å². The van der Waals surface area contributed by atoms with Gasteiger partial charge in [0.1, 0.15) is 5.75 Å². The summed E-state index contributed by atoms with van der Waals surface area (Å²) in [6.45, 7) is 0. The summed E-state index contributed by atoms with van der Waals surface area (Å²) in [5.74, 6) is 6.84. The van der Waals surface area contributed by atoms with Crippen LogP contribution in [-0.4, -0.2) is 7.11 Å². The third-order valence-electron chi connectivity index (χ3n) is 2.29. The summed E-state index contributed by atoms with van der Waals surface area (Å²) in [6.07, 6.45) is 0. The first kappa shape index (κ1) is 11.6. The lowest BCUT2D eigenvalue weighted by molar-refractivity contribution is 0.415. The van der Waals surface area contributed by atoms with Crippen LogP contribution in [0.4, 0.5) is 0 Å². The van der Waals surface area contributed by atoms with Crippen molar-refractivity contribution in [2.45, 2.75) is 0 Å². The van der Waals surface area contributed by atoms with Gasteiger partial charge in [0.25, 0.3) is 0 Å². The molecule has 0 spiro atoms. The molecule has 84 valence electrons. The summed E-state index contributed by atoms with van der Waals surface area (Å²) in [5, 5.41) is 0.604. The molecule has 0 saturated heterocycles. The lowest BCUT2D eigenvalue weighted by Crippen LogP contribution is -1.84. The van der Waals surface area contributed by atoms with Crippen LogP contribution in [0.3, 0.4) is 0 Å². The van der Waals surface area contributed by atoms with Gasteiger partial charge in [0.15, 0.2) is 0 Å². The zero-order valence-corrected chi connectivity index (χ0v) is 10.2. The molecule has 0 aliphatic carbocycles. The van der Waals surface area contributed by atoms with Crippen LogP contribution >= 0.6 is 11.6 Å². The van der Waals surface area contributed by atoms with E-state index in [1.165, 1.54) is 0 Å². The molecule has 0 bridgehead atoms. The van der Waals surface area contributed by atoms with Crippen molar-refractivity contribution in [1.29, 1.82) is 0 Å². The normalized spacial score (nSPS) is 9.29. The van der Waals surface area contributed by atoms with E-state index in [4.69, 9.17) is 16.3 Å². The van der Waals surface area contributed by atoms with E-state index in [-0.39, 0.29) is 0 Å². The number of benzene rings is 2. The number of hydrogen-bond donors (Lipinski definition) is 0. The summed E-state index contributed by atoms with van der Waals surface area (Å²) in [5.41, 5.74) is 1.77. The van der Waals surface area contributed by atoms with Gasteiger partial charge in [0.05, 0.1) is 12.1 Å². The molecule has 2 aromatic carbocycles. The summed E-state index contributed by atoms with van der Waals surface area (Å²) in [6, 6.07) is 15.3. The van der Waals surface area contributed by atoms with Crippen molar-refractivity contribution in [3.63, 3.8) is 0 Å². The Balaban J connectivity index is 2.28. The van der Waals surface area contributed by atoms with Crippen molar-refractivity contribution in [2.75, 3.05) is 7.11 Å². The standard InChI is InChI=1S/C15H11ClO/c1-17-14-10-9-13(15(16)11-14)8-7-12-5-3-2-4-6-12/h2-6,9-11H,1H3. The molecule has 2 aromatic rings. The zero-order chi connectivity index (χ0) is 12.1. The average Bonchev–Trinajstić information content (AvgIpc) is 2.38. The van der Waals surface area contributed by atoms with E-state index in [1.807, 2.05) is 42.5 Å². The molecule has 0 aliphatic rings. The second-order valence-electron chi connectivity index (χ2n) is 3.46. The smallest absolute Gasteiger partial charge is 0.120 e. The lowest BCUT2D eigenvalue weighted by atomic mass is 10.2. The van der Waals surface area contributed by atoms with Gasteiger partial charge >= 0.3 is 0 Å². The highest BCUT2D eigenvalue weighted by Crippen LogP contribution is 2.21. The predicted octanol–water partition coefficient (Wildman–Crippen LogP) is 3.75. The van der Waals surface area contributed by atoms with E-state index in [0.29, 0.717) is 5.02 Å². The summed E-state index contributed by atoms with van der Waals surface area (Å²) < 4.78 is 5.08. The topological polar surface area (TPSA) is 9.23 Å². The first-order chi connectivity index (χ1) is 8.29. The van der Waals surface area contributed by atoms with Gasteiger partial charge in [-0.2, -0.15) is 0 Å². The Morgan fingerprint density at radius 1 is 1.00 bits per heavy atom. The molecule has 0 N–H and O–H groups in total. The van der Waals surface area contributed by atoms with Crippen LogP contribution < -0.4 is 4.74 Å². The number of ether oxygens (including phenoxy) is 1. The molecule has 0 amide bonds. The predicted molar refractivity (Wildman–Crippen MR) is 70.4 cm³/mol. The van der Waals surface area contributed by atoms with Crippen molar-refractivity contribution in [3.05, 3.63) is 64.7 Å². The van der Waals surface area contributed by atoms with Gasteiger partial charge in [-0.15, -0.1) is 0 Å². The van der Waals surface area contributed by atoms with E-state index in [2.05, 4.69) is 11.8 Å². The average molecular weight is 243 g/mol. The van der Waals surface area contributed by atoms with Crippen LogP contribution in [0.5, 0.6) is 5.75 Å². The molecule has 2 rings (SSSR count). The van der Waals surface area contributed by atoms with Crippen LogP contribution in [0.1, 0.15) is 11.1 Å². The van der Waals surface area contributed by atoms with Gasteiger partial charge in [-0.1, -0.05) is 41.6 Å². The maximum absolute atomic E-state index is 6.09. The van der Waals surface area contributed by atoms with E-state index < -0.39 is 0 Å². The minimum Gasteiger partial charge on any atom is -0.497 e. The highest BCUT2D eigenvalue weighted by Gasteiger charge is 1.98. The van der Waals surface area contributed by atoms with Crippen molar-refractivity contribution in [3.8, 4) is 17.6 Å². The quantitative estimate of drug-likeness (QED) is 0.692. The SMILES string of the molecule is COc1ccc(C#Cc2ccccc2)c(Cl)c1. The third kappa shape index (κ3) is 3.03. The Labute approximate surface area is 106 Å². The van der Waals surface area contributed by atoms with Gasteiger partial charge in [0, 0.05) is 11.1 Å². The Hall–Kier alpha value is -1.91. The summed E-state index contributed by atoms with van der Waals surface area (Å²) in [4.78, 5) is 0. The second-order valence-corrected chi connectivity index (χ2v) is 3.87. The third-order valence-corrected chi connectivity index (χ3v) is 2.60. The van der Waals surface area contributed by atoms with Gasteiger partial charge in [-0.05, 0) is 30.3 Å². The molecule has 0 atom stereocenters. The molecule has 0 fully saturated rings. The molecule has 0 heterocycles. The van der Waals surface area contributed by atoms with Gasteiger partial charge in [-0.3, -0.25) is 0 Å². The Morgan fingerprint density at radius 3 is 2.41 bits per heavy atom. The molecule has 0 aliphatic heterocycles. The van der Waals surface area contributed by atoms with Crippen LogP contribution in [0.25, 0.3) is 0 Å². The molecular formula is C15H11ClO. The molecule has 1 nitrogen and oxygen atoms in total.